The summed E-state index contributed by atoms with van der Waals surface area (Å²) in [6.07, 6.45) is 1.21. The van der Waals surface area contributed by atoms with E-state index in [2.05, 4.69) is 15.8 Å². The molecule has 2 N–H and O–H groups in total. The molecule has 0 fully saturated rings. The first-order chi connectivity index (χ1) is 10.5. The minimum atomic E-state index is -0.292. The smallest absolute Gasteiger partial charge is 0.290 e. The summed E-state index contributed by atoms with van der Waals surface area (Å²) >= 11 is 0. The lowest BCUT2D eigenvalue weighted by molar-refractivity contribution is -0.116. The van der Waals surface area contributed by atoms with Gasteiger partial charge in [-0.15, -0.1) is 0 Å². The normalized spacial score (nSPS) is 14.9. The number of aryl methyl sites for hydroxylation is 2. The van der Waals surface area contributed by atoms with Crippen LogP contribution in [0.3, 0.4) is 0 Å². The fourth-order valence-electron chi connectivity index (χ4n) is 2.49. The second-order valence-electron chi connectivity index (χ2n) is 5.49. The van der Waals surface area contributed by atoms with Crippen molar-refractivity contribution in [2.24, 2.45) is 0 Å². The highest BCUT2D eigenvalue weighted by molar-refractivity contribution is 5.94. The molecule has 0 bridgehead atoms. The molecule has 0 spiro atoms. The van der Waals surface area contributed by atoms with E-state index in [1.807, 2.05) is 25.1 Å². The maximum atomic E-state index is 12.1. The third-order valence-electron chi connectivity index (χ3n) is 3.72. The van der Waals surface area contributed by atoms with E-state index in [1.54, 1.807) is 13.0 Å². The van der Waals surface area contributed by atoms with E-state index >= 15 is 0 Å². The first-order valence-corrected chi connectivity index (χ1v) is 7.20. The number of hydrogen-bond acceptors (Lipinski definition) is 4. The van der Waals surface area contributed by atoms with Crippen LogP contribution in [0.2, 0.25) is 0 Å². The number of nitrogens with one attached hydrogen (secondary N) is 2. The van der Waals surface area contributed by atoms with Crippen molar-refractivity contribution < 1.29 is 14.1 Å². The van der Waals surface area contributed by atoms with Crippen LogP contribution in [0.1, 0.15) is 46.8 Å². The Morgan fingerprint density at radius 2 is 2.18 bits per heavy atom. The van der Waals surface area contributed by atoms with E-state index < -0.39 is 0 Å². The number of anilines is 1. The summed E-state index contributed by atoms with van der Waals surface area (Å²) < 4.78 is 4.96. The molecule has 1 atom stereocenters. The van der Waals surface area contributed by atoms with Crippen LogP contribution < -0.4 is 10.6 Å². The highest BCUT2D eigenvalue weighted by Crippen LogP contribution is 2.26. The number of carbonyl (C=O) groups is 2. The Labute approximate surface area is 127 Å². The number of nitrogens with zero attached hydrogens (tertiary/aromatic N) is 1. The lowest BCUT2D eigenvalue weighted by atomic mass is 9.98. The van der Waals surface area contributed by atoms with Gasteiger partial charge in [0.05, 0.1) is 11.7 Å². The van der Waals surface area contributed by atoms with Gasteiger partial charge in [-0.25, -0.2) is 0 Å². The topological polar surface area (TPSA) is 84.2 Å². The van der Waals surface area contributed by atoms with Gasteiger partial charge in [0, 0.05) is 18.2 Å². The van der Waals surface area contributed by atoms with Crippen LogP contribution in [0.25, 0.3) is 0 Å². The Kier molecular flexibility index (Phi) is 3.66. The number of rotatable bonds is 3. The summed E-state index contributed by atoms with van der Waals surface area (Å²) in [6, 6.07) is 7.24. The zero-order valence-electron chi connectivity index (χ0n) is 12.5. The molecule has 1 aliphatic heterocycles. The van der Waals surface area contributed by atoms with E-state index in [4.69, 9.17) is 4.52 Å². The Hall–Kier alpha value is -2.63. The molecule has 1 aromatic carbocycles. The van der Waals surface area contributed by atoms with Gasteiger partial charge in [0.2, 0.25) is 11.7 Å². The fourth-order valence-corrected chi connectivity index (χ4v) is 2.49. The predicted molar refractivity (Wildman–Crippen MR) is 80.5 cm³/mol. The first-order valence-electron chi connectivity index (χ1n) is 7.20. The maximum absolute atomic E-state index is 12.1. The number of benzene rings is 1. The lowest BCUT2D eigenvalue weighted by Crippen LogP contribution is -2.26. The largest absolute Gasteiger partial charge is 0.351 e. The Balaban J connectivity index is 1.74. The number of fused-ring (bicyclic) bond motifs is 1. The molecule has 0 saturated heterocycles. The lowest BCUT2D eigenvalue weighted by Gasteiger charge is -2.20. The van der Waals surface area contributed by atoms with Crippen molar-refractivity contribution in [3.8, 4) is 0 Å². The SMILES string of the molecule is Cc1cc(C(=O)N[C@H](C)c2ccc3c(c2)CCC(=O)N3)on1. The third kappa shape index (κ3) is 2.86. The van der Waals surface area contributed by atoms with Crippen molar-refractivity contribution in [3.05, 3.63) is 46.8 Å². The Morgan fingerprint density at radius 3 is 2.91 bits per heavy atom. The average Bonchev–Trinajstić information content (AvgIpc) is 2.93. The van der Waals surface area contributed by atoms with Gasteiger partial charge in [0.1, 0.15) is 0 Å². The van der Waals surface area contributed by atoms with Gasteiger partial charge in [0.15, 0.2) is 0 Å². The molecule has 3 rings (SSSR count). The van der Waals surface area contributed by atoms with Gasteiger partial charge in [-0.3, -0.25) is 9.59 Å². The van der Waals surface area contributed by atoms with Crippen molar-refractivity contribution in [1.29, 1.82) is 0 Å². The molecule has 114 valence electrons. The van der Waals surface area contributed by atoms with Crippen molar-refractivity contribution in [1.82, 2.24) is 10.5 Å². The van der Waals surface area contributed by atoms with Crippen LogP contribution in [0.4, 0.5) is 5.69 Å². The van der Waals surface area contributed by atoms with Crippen LogP contribution in [0.15, 0.2) is 28.8 Å². The molecule has 0 radical (unpaired) electrons. The van der Waals surface area contributed by atoms with E-state index in [-0.39, 0.29) is 23.6 Å². The second-order valence-corrected chi connectivity index (χ2v) is 5.49. The summed E-state index contributed by atoms with van der Waals surface area (Å²) in [6.45, 7) is 3.67. The molecule has 6 nitrogen and oxygen atoms in total. The van der Waals surface area contributed by atoms with Gasteiger partial charge in [-0.05, 0) is 37.5 Å². The number of aromatic nitrogens is 1. The number of hydrogen-bond donors (Lipinski definition) is 2. The molecule has 2 aromatic rings. The first kappa shape index (κ1) is 14.3. The van der Waals surface area contributed by atoms with E-state index in [9.17, 15) is 9.59 Å². The van der Waals surface area contributed by atoms with Crippen LogP contribution in [-0.2, 0) is 11.2 Å². The number of carbonyl (C=O) groups excluding carboxylic acids is 2. The number of amides is 2. The summed E-state index contributed by atoms with van der Waals surface area (Å²) in [7, 11) is 0. The molecule has 2 heterocycles. The van der Waals surface area contributed by atoms with Crippen molar-refractivity contribution in [2.75, 3.05) is 5.32 Å². The zero-order chi connectivity index (χ0) is 15.7. The molecule has 1 aliphatic rings. The van der Waals surface area contributed by atoms with Gasteiger partial charge >= 0.3 is 0 Å². The summed E-state index contributed by atoms with van der Waals surface area (Å²) in [5.74, 6) is -0.0454. The van der Waals surface area contributed by atoms with Gasteiger partial charge in [-0.2, -0.15) is 0 Å². The monoisotopic (exact) mass is 299 g/mol. The fraction of sp³-hybridized carbons (Fsp3) is 0.312. The van der Waals surface area contributed by atoms with Gasteiger partial charge in [-0.1, -0.05) is 17.3 Å². The summed E-state index contributed by atoms with van der Waals surface area (Å²) in [5, 5.41) is 9.43. The molecule has 0 saturated carbocycles. The molecule has 0 unspecified atom stereocenters. The Bertz CT molecular complexity index is 736. The second kappa shape index (κ2) is 5.63. The minimum Gasteiger partial charge on any atom is -0.351 e. The predicted octanol–water partition coefficient (Wildman–Crippen LogP) is 2.36. The standard InChI is InChI=1S/C16H17N3O3/c1-9-7-14(22-19-9)16(21)17-10(2)11-3-5-13-12(8-11)4-6-15(20)18-13/h3,5,7-8,10H,4,6H2,1-2H3,(H,17,21)(H,18,20)/t10-/m1/s1. The summed E-state index contributed by atoms with van der Waals surface area (Å²) in [4.78, 5) is 23.4. The zero-order valence-corrected chi connectivity index (χ0v) is 12.5. The van der Waals surface area contributed by atoms with E-state index in [1.165, 1.54) is 0 Å². The molecule has 0 aliphatic carbocycles. The van der Waals surface area contributed by atoms with Crippen molar-refractivity contribution in [2.45, 2.75) is 32.7 Å². The quantitative estimate of drug-likeness (QED) is 0.911. The molecule has 22 heavy (non-hydrogen) atoms. The van der Waals surface area contributed by atoms with Crippen molar-refractivity contribution in [3.63, 3.8) is 0 Å². The van der Waals surface area contributed by atoms with E-state index in [0.717, 1.165) is 23.2 Å². The molecular weight excluding hydrogens is 282 g/mol. The molecule has 1 aromatic heterocycles. The van der Waals surface area contributed by atoms with Crippen LogP contribution in [0.5, 0.6) is 0 Å². The van der Waals surface area contributed by atoms with Crippen LogP contribution in [0, 0.1) is 6.92 Å². The van der Waals surface area contributed by atoms with Gasteiger partial charge in [0.25, 0.3) is 5.91 Å². The molecule has 2 amide bonds. The summed E-state index contributed by atoms with van der Waals surface area (Å²) in [5.41, 5.74) is 3.60. The molecular formula is C16H17N3O3. The van der Waals surface area contributed by atoms with Gasteiger partial charge < -0.3 is 15.2 Å². The van der Waals surface area contributed by atoms with E-state index in [0.29, 0.717) is 12.1 Å². The van der Waals surface area contributed by atoms with Crippen LogP contribution in [-0.4, -0.2) is 17.0 Å². The molecule has 6 heteroatoms. The highest BCUT2D eigenvalue weighted by Gasteiger charge is 2.18. The third-order valence-corrected chi connectivity index (χ3v) is 3.72. The average molecular weight is 299 g/mol. The van der Waals surface area contributed by atoms with Crippen LogP contribution >= 0.6 is 0 Å². The maximum Gasteiger partial charge on any atom is 0.290 e. The Morgan fingerprint density at radius 1 is 1.36 bits per heavy atom. The minimum absolute atomic E-state index is 0.0438. The van der Waals surface area contributed by atoms with Crippen molar-refractivity contribution >= 4 is 17.5 Å². The highest BCUT2D eigenvalue weighted by atomic mass is 16.5.